The van der Waals surface area contributed by atoms with Crippen molar-refractivity contribution >= 4 is 0 Å². The van der Waals surface area contributed by atoms with E-state index in [0.717, 1.165) is 31.7 Å². The highest BCUT2D eigenvalue weighted by Crippen LogP contribution is 2.35. The fourth-order valence-corrected chi connectivity index (χ4v) is 3.92. The number of nitrogens with one attached hydrogen (secondary N) is 1. The number of hydrogen-bond acceptors (Lipinski definition) is 3. The van der Waals surface area contributed by atoms with Gasteiger partial charge in [-0.15, -0.1) is 0 Å². The fourth-order valence-electron chi connectivity index (χ4n) is 3.92. The minimum Gasteiger partial charge on any atom is -0.394 e. The summed E-state index contributed by atoms with van der Waals surface area (Å²) >= 11 is 0. The Labute approximate surface area is 118 Å². The lowest BCUT2D eigenvalue weighted by Gasteiger charge is -2.37. The van der Waals surface area contributed by atoms with Gasteiger partial charge < -0.3 is 15.3 Å². The molecular weight excluding hydrogens is 236 g/mol. The third-order valence-corrected chi connectivity index (χ3v) is 5.28. The van der Waals surface area contributed by atoms with Gasteiger partial charge in [-0.25, -0.2) is 0 Å². The quantitative estimate of drug-likeness (QED) is 0.776. The second-order valence-electron chi connectivity index (χ2n) is 6.67. The molecule has 3 atom stereocenters. The van der Waals surface area contributed by atoms with Crippen molar-refractivity contribution in [2.24, 2.45) is 5.92 Å². The monoisotopic (exact) mass is 268 g/mol. The highest BCUT2D eigenvalue weighted by molar-refractivity contribution is 5.00. The Morgan fingerprint density at radius 1 is 1.32 bits per heavy atom. The van der Waals surface area contributed by atoms with Gasteiger partial charge in [0.05, 0.1) is 6.61 Å². The highest BCUT2D eigenvalue weighted by atomic mass is 16.3. The van der Waals surface area contributed by atoms with E-state index in [0.29, 0.717) is 12.6 Å². The number of aliphatic hydroxyl groups excluding tert-OH is 1. The maximum atomic E-state index is 9.78. The summed E-state index contributed by atoms with van der Waals surface area (Å²) in [6.07, 6.45) is 8.79. The first kappa shape index (κ1) is 15.3. The summed E-state index contributed by atoms with van der Waals surface area (Å²) in [7, 11) is 0. The molecule has 0 aromatic carbocycles. The molecule has 0 bridgehead atoms. The fraction of sp³-hybridized carbons (Fsp3) is 1.00. The van der Waals surface area contributed by atoms with Crippen LogP contribution in [0.3, 0.4) is 0 Å². The van der Waals surface area contributed by atoms with E-state index >= 15 is 0 Å². The average molecular weight is 268 g/mol. The van der Waals surface area contributed by atoms with Gasteiger partial charge in [0.2, 0.25) is 0 Å². The van der Waals surface area contributed by atoms with Crippen LogP contribution < -0.4 is 5.32 Å². The van der Waals surface area contributed by atoms with Crippen molar-refractivity contribution in [3.8, 4) is 0 Å². The second-order valence-corrected chi connectivity index (χ2v) is 6.67. The number of rotatable bonds is 6. The van der Waals surface area contributed by atoms with Gasteiger partial charge >= 0.3 is 0 Å². The predicted octanol–water partition coefficient (Wildman–Crippen LogP) is 2.39. The number of aliphatic hydroxyl groups is 1. The summed E-state index contributed by atoms with van der Waals surface area (Å²) in [5.41, 5.74) is 0.0137. The van der Waals surface area contributed by atoms with Crippen LogP contribution in [-0.4, -0.2) is 47.8 Å². The van der Waals surface area contributed by atoms with Gasteiger partial charge in [0, 0.05) is 18.1 Å². The topological polar surface area (TPSA) is 35.5 Å². The number of hydrogen-bond donors (Lipinski definition) is 2. The minimum absolute atomic E-state index is 0.0137. The Morgan fingerprint density at radius 2 is 2.16 bits per heavy atom. The number of likely N-dealkylation sites (tertiary alicyclic amines) is 1. The Hall–Kier alpha value is -0.120. The first-order chi connectivity index (χ1) is 9.23. The smallest absolute Gasteiger partial charge is 0.0613 e. The molecule has 1 aliphatic carbocycles. The molecule has 2 fully saturated rings. The summed E-state index contributed by atoms with van der Waals surface area (Å²) in [5, 5.41) is 13.4. The molecule has 1 heterocycles. The molecule has 2 rings (SSSR count). The maximum Gasteiger partial charge on any atom is 0.0613 e. The Morgan fingerprint density at radius 3 is 2.84 bits per heavy atom. The Kier molecular flexibility index (Phi) is 5.67. The molecule has 112 valence electrons. The van der Waals surface area contributed by atoms with E-state index in [9.17, 15) is 5.11 Å². The van der Waals surface area contributed by atoms with Crippen molar-refractivity contribution in [3.05, 3.63) is 0 Å². The summed E-state index contributed by atoms with van der Waals surface area (Å²) in [6, 6.07) is 0.700. The summed E-state index contributed by atoms with van der Waals surface area (Å²) in [5.74, 6) is 0.904. The molecule has 19 heavy (non-hydrogen) atoms. The van der Waals surface area contributed by atoms with Crippen LogP contribution >= 0.6 is 0 Å². The molecule has 0 amide bonds. The molecule has 0 radical (unpaired) electrons. The lowest BCUT2D eigenvalue weighted by molar-refractivity contribution is 0.106. The molecular formula is C16H32N2O. The standard InChI is InChI=1S/C16H32N2O/c1-3-9-17-16(13-19)8-7-15(11-16)18-10-5-6-14(4-2)12-18/h14-15,17,19H,3-13H2,1-2H3. The Balaban J connectivity index is 1.89. The highest BCUT2D eigenvalue weighted by Gasteiger charge is 2.41. The molecule has 0 spiro atoms. The average Bonchev–Trinajstić information content (AvgIpc) is 2.90. The maximum absolute atomic E-state index is 9.78. The third kappa shape index (κ3) is 3.71. The third-order valence-electron chi connectivity index (χ3n) is 5.28. The molecule has 3 heteroatoms. The van der Waals surface area contributed by atoms with Gasteiger partial charge in [0.1, 0.15) is 0 Å². The van der Waals surface area contributed by atoms with Gasteiger partial charge in [-0.2, -0.15) is 0 Å². The van der Waals surface area contributed by atoms with Crippen molar-refractivity contribution in [2.75, 3.05) is 26.2 Å². The van der Waals surface area contributed by atoms with E-state index in [4.69, 9.17) is 0 Å². The normalized spacial score (nSPS) is 36.8. The molecule has 1 aliphatic heterocycles. The van der Waals surface area contributed by atoms with E-state index in [1.807, 2.05) is 0 Å². The summed E-state index contributed by atoms with van der Waals surface area (Å²) in [6.45, 7) is 8.41. The van der Waals surface area contributed by atoms with Crippen LogP contribution in [0.4, 0.5) is 0 Å². The lowest BCUT2D eigenvalue weighted by Crippen LogP contribution is -2.49. The largest absolute Gasteiger partial charge is 0.394 e. The number of piperidine rings is 1. The van der Waals surface area contributed by atoms with Crippen LogP contribution in [-0.2, 0) is 0 Å². The molecule has 0 aromatic heterocycles. The predicted molar refractivity (Wildman–Crippen MR) is 80.3 cm³/mol. The van der Waals surface area contributed by atoms with Crippen molar-refractivity contribution in [3.63, 3.8) is 0 Å². The van der Waals surface area contributed by atoms with Crippen LogP contribution in [0.2, 0.25) is 0 Å². The zero-order valence-corrected chi connectivity index (χ0v) is 12.8. The van der Waals surface area contributed by atoms with Gasteiger partial charge in [0.25, 0.3) is 0 Å². The van der Waals surface area contributed by atoms with Gasteiger partial charge in [-0.05, 0) is 57.5 Å². The van der Waals surface area contributed by atoms with Gasteiger partial charge in [-0.1, -0.05) is 20.3 Å². The van der Waals surface area contributed by atoms with Crippen LogP contribution in [0.5, 0.6) is 0 Å². The molecule has 3 nitrogen and oxygen atoms in total. The van der Waals surface area contributed by atoms with E-state index in [1.165, 1.54) is 38.8 Å². The molecule has 2 aliphatic rings. The molecule has 1 saturated heterocycles. The van der Waals surface area contributed by atoms with Gasteiger partial charge in [-0.3, -0.25) is 0 Å². The van der Waals surface area contributed by atoms with Gasteiger partial charge in [0.15, 0.2) is 0 Å². The first-order valence-corrected chi connectivity index (χ1v) is 8.33. The van der Waals surface area contributed by atoms with Crippen LogP contribution in [0.25, 0.3) is 0 Å². The molecule has 2 N–H and O–H groups in total. The SMILES string of the molecule is CCCNC1(CO)CCC(N2CCCC(CC)C2)C1. The summed E-state index contributed by atoms with van der Waals surface area (Å²) < 4.78 is 0. The van der Waals surface area contributed by atoms with Crippen molar-refractivity contribution in [2.45, 2.75) is 70.4 Å². The van der Waals surface area contributed by atoms with Crippen LogP contribution in [0.1, 0.15) is 58.8 Å². The molecule has 0 aromatic rings. The zero-order valence-electron chi connectivity index (χ0n) is 12.8. The Bertz CT molecular complexity index is 271. The second kappa shape index (κ2) is 7.05. The van der Waals surface area contributed by atoms with Crippen LogP contribution in [0.15, 0.2) is 0 Å². The van der Waals surface area contributed by atoms with Crippen LogP contribution in [0, 0.1) is 5.92 Å². The lowest BCUT2D eigenvalue weighted by atomic mass is 9.93. The molecule has 1 saturated carbocycles. The van der Waals surface area contributed by atoms with E-state index in [1.54, 1.807) is 0 Å². The van der Waals surface area contributed by atoms with E-state index < -0.39 is 0 Å². The van der Waals surface area contributed by atoms with E-state index in [-0.39, 0.29) is 5.54 Å². The van der Waals surface area contributed by atoms with Crippen molar-refractivity contribution in [1.82, 2.24) is 10.2 Å². The zero-order chi connectivity index (χ0) is 13.7. The van der Waals surface area contributed by atoms with Crippen molar-refractivity contribution in [1.29, 1.82) is 0 Å². The first-order valence-electron chi connectivity index (χ1n) is 8.33. The minimum atomic E-state index is 0.0137. The van der Waals surface area contributed by atoms with Crippen molar-refractivity contribution < 1.29 is 5.11 Å². The number of nitrogens with zero attached hydrogens (tertiary/aromatic N) is 1. The van der Waals surface area contributed by atoms with E-state index in [2.05, 4.69) is 24.1 Å². The summed E-state index contributed by atoms with van der Waals surface area (Å²) in [4.78, 5) is 2.71. The molecule has 3 unspecified atom stereocenters.